The van der Waals surface area contributed by atoms with E-state index in [1.54, 1.807) is 25.1 Å². The highest BCUT2D eigenvalue weighted by Gasteiger charge is 2.38. The SMILES string of the molecule is CN1CCN(c2ccc(Nc3nc4c(c(Nc5ccc6c(c5)N(S(=O)(=O)C(C)(C)C)CC6)n3)COC4)cc2)CC1. The van der Waals surface area contributed by atoms with Crippen molar-refractivity contribution in [2.45, 2.75) is 45.2 Å². The summed E-state index contributed by atoms with van der Waals surface area (Å²) < 4.78 is 32.8. The summed E-state index contributed by atoms with van der Waals surface area (Å²) in [7, 11) is -1.34. The normalized spacial score (nSPS) is 17.6. The Balaban J connectivity index is 1.23. The molecule has 0 unspecified atom stereocenters. The van der Waals surface area contributed by atoms with Crippen LogP contribution < -0.4 is 19.8 Å². The van der Waals surface area contributed by atoms with Crippen LogP contribution in [0.1, 0.15) is 37.6 Å². The van der Waals surface area contributed by atoms with Crippen molar-refractivity contribution in [3.05, 3.63) is 59.3 Å². The zero-order chi connectivity index (χ0) is 28.1. The van der Waals surface area contributed by atoms with Gasteiger partial charge in [-0.1, -0.05) is 6.07 Å². The monoisotopic (exact) mass is 563 g/mol. The van der Waals surface area contributed by atoms with Crippen LogP contribution >= 0.6 is 0 Å². The third-order valence-corrected chi connectivity index (χ3v) is 10.3. The zero-order valence-electron chi connectivity index (χ0n) is 23.6. The Morgan fingerprint density at radius 3 is 2.33 bits per heavy atom. The van der Waals surface area contributed by atoms with Crippen LogP contribution in [0.15, 0.2) is 42.5 Å². The van der Waals surface area contributed by atoms with Gasteiger partial charge < -0.3 is 25.2 Å². The van der Waals surface area contributed by atoms with E-state index < -0.39 is 14.8 Å². The van der Waals surface area contributed by atoms with Crippen LogP contribution in [0.2, 0.25) is 0 Å². The highest BCUT2D eigenvalue weighted by molar-refractivity contribution is 7.94. The van der Waals surface area contributed by atoms with Crippen molar-refractivity contribution in [1.82, 2.24) is 14.9 Å². The summed E-state index contributed by atoms with van der Waals surface area (Å²) in [4.78, 5) is 14.3. The van der Waals surface area contributed by atoms with E-state index in [0.717, 1.165) is 60.1 Å². The molecule has 0 spiro atoms. The summed E-state index contributed by atoms with van der Waals surface area (Å²) in [5.41, 5.74) is 6.39. The molecule has 3 aliphatic heterocycles. The van der Waals surface area contributed by atoms with E-state index in [-0.39, 0.29) is 0 Å². The fourth-order valence-corrected chi connectivity index (χ4v) is 6.73. The van der Waals surface area contributed by atoms with Gasteiger partial charge in [-0.2, -0.15) is 4.98 Å². The van der Waals surface area contributed by atoms with Gasteiger partial charge in [-0.05, 0) is 76.2 Å². The van der Waals surface area contributed by atoms with Crippen LogP contribution in [-0.2, 0) is 34.4 Å². The fourth-order valence-electron chi connectivity index (χ4n) is 5.30. The minimum Gasteiger partial charge on any atom is -0.370 e. The zero-order valence-corrected chi connectivity index (χ0v) is 24.4. The summed E-state index contributed by atoms with van der Waals surface area (Å²) in [6, 6.07) is 14.2. The lowest BCUT2D eigenvalue weighted by Crippen LogP contribution is -2.44. The maximum atomic E-state index is 13.2. The highest BCUT2D eigenvalue weighted by atomic mass is 32.2. The number of hydrogen-bond acceptors (Lipinski definition) is 9. The maximum absolute atomic E-state index is 13.2. The van der Waals surface area contributed by atoms with Crippen molar-refractivity contribution < 1.29 is 13.2 Å². The topological polar surface area (TPSA) is 103 Å². The number of ether oxygens (including phenoxy) is 1. The average molecular weight is 564 g/mol. The number of benzene rings is 2. The average Bonchev–Trinajstić information content (AvgIpc) is 3.56. The Labute approximate surface area is 236 Å². The third kappa shape index (κ3) is 5.09. The molecule has 3 aliphatic rings. The van der Waals surface area contributed by atoms with Gasteiger partial charge in [0, 0.05) is 55.3 Å². The molecule has 10 nitrogen and oxygen atoms in total. The smallest absolute Gasteiger partial charge is 0.240 e. The first-order valence-electron chi connectivity index (χ1n) is 13.8. The Morgan fingerprint density at radius 2 is 1.60 bits per heavy atom. The van der Waals surface area contributed by atoms with E-state index in [2.05, 4.69) is 51.7 Å². The first-order valence-corrected chi connectivity index (χ1v) is 15.2. The van der Waals surface area contributed by atoms with Gasteiger partial charge in [0.1, 0.15) is 5.82 Å². The number of nitrogens with one attached hydrogen (secondary N) is 2. The number of rotatable bonds is 6. The number of likely N-dealkylation sites (N-methyl/N-ethyl adjacent to an activating group) is 1. The van der Waals surface area contributed by atoms with Crippen molar-refractivity contribution in [2.24, 2.45) is 0 Å². The van der Waals surface area contributed by atoms with Crippen LogP contribution in [0.5, 0.6) is 0 Å². The van der Waals surface area contributed by atoms with Crippen LogP contribution in [0, 0.1) is 0 Å². The van der Waals surface area contributed by atoms with Gasteiger partial charge in [-0.3, -0.25) is 4.31 Å². The number of piperazine rings is 1. The predicted molar refractivity (Wildman–Crippen MR) is 159 cm³/mol. The van der Waals surface area contributed by atoms with Gasteiger partial charge >= 0.3 is 0 Å². The molecule has 2 aromatic carbocycles. The number of fused-ring (bicyclic) bond motifs is 2. The summed E-state index contributed by atoms with van der Waals surface area (Å²) in [5, 5.41) is 6.77. The van der Waals surface area contributed by atoms with Crippen LogP contribution in [0.25, 0.3) is 0 Å². The highest BCUT2D eigenvalue weighted by Crippen LogP contribution is 2.37. The van der Waals surface area contributed by atoms with Gasteiger partial charge in [-0.25, -0.2) is 13.4 Å². The number of nitrogens with zero attached hydrogens (tertiary/aromatic N) is 5. The third-order valence-electron chi connectivity index (χ3n) is 7.83. The number of hydrogen-bond donors (Lipinski definition) is 2. The molecule has 4 heterocycles. The number of sulfonamides is 1. The van der Waals surface area contributed by atoms with Crippen molar-refractivity contribution in [2.75, 3.05) is 59.6 Å². The van der Waals surface area contributed by atoms with Crippen molar-refractivity contribution >= 4 is 44.5 Å². The van der Waals surface area contributed by atoms with E-state index in [4.69, 9.17) is 14.7 Å². The number of aromatic nitrogens is 2. The molecule has 0 aliphatic carbocycles. The number of anilines is 6. The molecule has 0 saturated carbocycles. The molecule has 6 rings (SSSR count). The van der Waals surface area contributed by atoms with Gasteiger partial charge in [0.05, 0.1) is 29.3 Å². The molecule has 40 heavy (non-hydrogen) atoms. The van der Waals surface area contributed by atoms with Crippen molar-refractivity contribution in [3.63, 3.8) is 0 Å². The molecule has 3 aromatic rings. The van der Waals surface area contributed by atoms with Crippen LogP contribution in [0.3, 0.4) is 0 Å². The van der Waals surface area contributed by atoms with Gasteiger partial charge in [0.2, 0.25) is 16.0 Å². The molecular weight excluding hydrogens is 526 g/mol. The quantitative estimate of drug-likeness (QED) is 0.456. The first-order chi connectivity index (χ1) is 19.1. The van der Waals surface area contributed by atoms with Gasteiger partial charge in [0.25, 0.3) is 0 Å². The molecular formula is C29H37N7O3S. The molecule has 2 N–H and O–H groups in total. The van der Waals surface area contributed by atoms with Crippen LogP contribution in [0.4, 0.5) is 34.5 Å². The summed E-state index contributed by atoms with van der Waals surface area (Å²) in [6.45, 7) is 10.7. The second-order valence-electron chi connectivity index (χ2n) is 11.7. The largest absolute Gasteiger partial charge is 0.370 e. The Morgan fingerprint density at radius 1 is 0.875 bits per heavy atom. The van der Waals surface area contributed by atoms with Crippen molar-refractivity contribution in [1.29, 1.82) is 0 Å². The van der Waals surface area contributed by atoms with E-state index in [9.17, 15) is 8.42 Å². The molecule has 0 radical (unpaired) electrons. The molecule has 212 valence electrons. The standard InChI is InChI=1S/C29H37N7O3S/c1-29(2,3)40(37,38)36-12-11-20-5-6-22(17-26(20)36)30-27-24-18-39-19-25(24)32-28(33-27)31-21-7-9-23(10-8-21)35-15-13-34(4)14-16-35/h5-10,17H,11-16,18-19H2,1-4H3,(H2,30,31,32,33). The molecule has 0 atom stereocenters. The lowest BCUT2D eigenvalue weighted by atomic mass is 10.1. The summed E-state index contributed by atoms with van der Waals surface area (Å²) >= 11 is 0. The van der Waals surface area contributed by atoms with Gasteiger partial charge in [-0.15, -0.1) is 0 Å². The molecule has 1 aromatic heterocycles. The fraction of sp³-hybridized carbons (Fsp3) is 0.448. The molecule has 1 saturated heterocycles. The second kappa shape index (κ2) is 10.2. The molecule has 0 bridgehead atoms. The van der Waals surface area contributed by atoms with E-state index in [0.29, 0.717) is 37.9 Å². The maximum Gasteiger partial charge on any atom is 0.240 e. The summed E-state index contributed by atoms with van der Waals surface area (Å²) in [5.74, 6) is 1.14. The first kappa shape index (κ1) is 26.8. The molecule has 1 fully saturated rings. The Kier molecular flexibility index (Phi) is 6.84. The lowest BCUT2D eigenvalue weighted by molar-refractivity contribution is 0.133. The Bertz CT molecular complexity index is 1510. The van der Waals surface area contributed by atoms with Gasteiger partial charge in [0.15, 0.2) is 0 Å². The minimum absolute atomic E-state index is 0.422. The summed E-state index contributed by atoms with van der Waals surface area (Å²) in [6.07, 6.45) is 0.698. The Hall–Kier alpha value is -3.41. The van der Waals surface area contributed by atoms with Crippen LogP contribution in [-0.4, -0.2) is 67.8 Å². The van der Waals surface area contributed by atoms with E-state index in [1.165, 1.54) is 5.69 Å². The van der Waals surface area contributed by atoms with E-state index >= 15 is 0 Å². The van der Waals surface area contributed by atoms with Crippen molar-refractivity contribution in [3.8, 4) is 0 Å². The molecule has 0 amide bonds. The molecule has 11 heteroatoms. The minimum atomic E-state index is -3.50. The lowest BCUT2D eigenvalue weighted by Gasteiger charge is -2.34. The van der Waals surface area contributed by atoms with E-state index in [1.807, 2.05) is 18.2 Å². The predicted octanol–water partition coefficient (Wildman–Crippen LogP) is 4.24. The second-order valence-corrected chi connectivity index (χ2v) is 14.3.